The van der Waals surface area contributed by atoms with Crippen LogP contribution in [0.1, 0.15) is 88.0 Å². The van der Waals surface area contributed by atoms with Gasteiger partial charge in [-0.25, -0.2) is 0 Å². The van der Waals surface area contributed by atoms with Crippen LogP contribution in [-0.4, -0.2) is 148 Å². The highest BCUT2D eigenvalue weighted by Crippen LogP contribution is 2.38. The van der Waals surface area contributed by atoms with Crippen molar-refractivity contribution < 1.29 is 63.5 Å². The molecule has 292 valence electrons. The van der Waals surface area contributed by atoms with Gasteiger partial charge < -0.3 is 58.9 Å². The van der Waals surface area contributed by atoms with Crippen LogP contribution >= 0.6 is 0 Å². The largest absolute Gasteiger partial charge is 0.459 e. The van der Waals surface area contributed by atoms with E-state index in [2.05, 4.69) is 0 Å². The van der Waals surface area contributed by atoms with E-state index in [1.165, 1.54) is 21.0 Å². The predicted octanol–water partition coefficient (Wildman–Crippen LogP) is 1.40. The van der Waals surface area contributed by atoms with Gasteiger partial charge in [-0.05, 0) is 68.0 Å². The van der Waals surface area contributed by atoms with Crippen LogP contribution in [0.3, 0.4) is 0 Å². The third kappa shape index (κ3) is 9.25. The predicted molar refractivity (Wildman–Crippen MR) is 182 cm³/mol. The van der Waals surface area contributed by atoms with E-state index in [-0.39, 0.29) is 31.4 Å². The molecular weight excluding hydrogens is 654 g/mol. The molecule has 5 N–H and O–H groups in total. The average molecular weight is 720 g/mol. The normalized spacial score (nSPS) is 49.0. The van der Waals surface area contributed by atoms with Crippen molar-refractivity contribution in [3.05, 3.63) is 0 Å². The number of cyclic esters (lactones) is 1. The molecule has 14 heteroatoms. The topological polar surface area (TPSA) is 194 Å². The number of aliphatic hydroxyl groups is 5. The van der Waals surface area contributed by atoms with Crippen LogP contribution in [0.15, 0.2) is 0 Å². The van der Waals surface area contributed by atoms with Gasteiger partial charge >= 0.3 is 5.97 Å². The summed E-state index contributed by atoms with van der Waals surface area (Å²) in [5, 5.41) is 56.9. The maximum Gasteiger partial charge on any atom is 0.311 e. The fourth-order valence-corrected chi connectivity index (χ4v) is 7.94. The van der Waals surface area contributed by atoms with Crippen LogP contribution in [0.25, 0.3) is 0 Å². The summed E-state index contributed by atoms with van der Waals surface area (Å²) < 4.78 is 36.8. The van der Waals surface area contributed by atoms with Crippen molar-refractivity contribution in [1.82, 2.24) is 4.90 Å². The third-order valence-electron chi connectivity index (χ3n) is 11.5. The standard InChI is InChI=1S/C36H65NO13/c1-13-25-36(9,44)31(41)19(4)27(39)17(2)14-24(38)30(50-34-28(40)23(37(10)11)15-18(3)46-34)20(5)29(21(6)33(43)48-25)49-26-16-35(8,45-12)32(42)22(7)47-26/h17-26,28-32,34,38,40-42,44H,13-16H2,1-12H3/t17-,18+,19-,20-,21+,22-,23-,24+,25+,26-,28+,29-,30+,31+,32-,34-,35+,36+/m0/s1. The monoisotopic (exact) mass is 719 g/mol. The van der Waals surface area contributed by atoms with Crippen molar-refractivity contribution >= 4 is 11.8 Å². The first-order chi connectivity index (χ1) is 23.1. The molecule has 3 saturated heterocycles. The van der Waals surface area contributed by atoms with Gasteiger partial charge in [0.2, 0.25) is 0 Å². The number of hydrogen-bond donors (Lipinski definition) is 5. The highest BCUT2D eigenvalue weighted by atomic mass is 16.7. The van der Waals surface area contributed by atoms with Crippen molar-refractivity contribution in [2.75, 3.05) is 21.2 Å². The molecule has 3 heterocycles. The van der Waals surface area contributed by atoms with Gasteiger partial charge in [0.15, 0.2) is 12.6 Å². The summed E-state index contributed by atoms with van der Waals surface area (Å²) in [5.41, 5.74) is -3.03. The molecule has 0 aromatic rings. The van der Waals surface area contributed by atoms with Gasteiger partial charge in [-0.15, -0.1) is 0 Å². The lowest BCUT2D eigenvalue weighted by Gasteiger charge is -2.47. The van der Waals surface area contributed by atoms with Gasteiger partial charge in [-0.2, -0.15) is 0 Å². The highest BCUT2D eigenvalue weighted by Gasteiger charge is 2.51. The van der Waals surface area contributed by atoms with Crippen molar-refractivity contribution in [3.8, 4) is 0 Å². The third-order valence-corrected chi connectivity index (χ3v) is 11.5. The number of aliphatic hydroxyl groups excluding tert-OH is 4. The molecule has 0 aliphatic carbocycles. The Hall–Kier alpha value is -1.30. The lowest BCUT2D eigenvalue weighted by molar-refractivity contribution is -0.311. The summed E-state index contributed by atoms with van der Waals surface area (Å²) in [6.07, 6.45) is -10.8. The second kappa shape index (κ2) is 17.2. The van der Waals surface area contributed by atoms with Crippen LogP contribution in [0.2, 0.25) is 0 Å². The maximum atomic E-state index is 14.0. The zero-order valence-corrected chi connectivity index (χ0v) is 32.0. The number of carbonyl (C=O) groups is 2. The molecule has 3 rings (SSSR count). The average Bonchev–Trinajstić information content (AvgIpc) is 3.05. The summed E-state index contributed by atoms with van der Waals surface area (Å²) in [5.74, 6) is -4.87. The minimum Gasteiger partial charge on any atom is -0.459 e. The summed E-state index contributed by atoms with van der Waals surface area (Å²) in [4.78, 5) is 29.5. The van der Waals surface area contributed by atoms with E-state index < -0.39 is 108 Å². The van der Waals surface area contributed by atoms with Crippen LogP contribution in [0.4, 0.5) is 0 Å². The number of esters is 1. The number of carbonyl (C=O) groups excluding carboxylic acids is 2. The minimum atomic E-state index is -1.98. The molecular formula is C36H65NO13. The number of hydrogen-bond acceptors (Lipinski definition) is 14. The first kappa shape index (κ1) is 43.1. The number of ketones is 1. The fraction of sp³-hybridized carbons (Fsp3) is 0.944. The number of nitrogens with zero attached hydrogens (tertiary/aromatic N) is 1. The van der Waals surface area contributed by atoms with E-state index in [1.807, 2.05) is 25.9 Å². The van der Waals surface area contributed by atoms with Gasteiger partial charge in [0.05, 0.1) is 48.1 Å². The lowest BCUT2D eigenvalue weighted by Crippen LogP contribution is -2.59. The first-order valence-electron chi connectivity index (χ1n) is 18.1. The molecule has 0 saturated carbocycles. The van der Waals surface area contributed by atoms with Crippen molar-refractivity contribution in [2.24, 2.45) is 23.7 Å². The van der Waals surface area contributed by atoms with Crippen LogP contribution in [0.5, 0.6) is 0 Å². The highest BCUT2D eigenvalue weighted by molar-refractivity contribution is 5.83. The lowest BCUT2D eigenvalue weighted by atomic mass is 9.77. The molecule has 0 aromatic carbocycles. The Morgan fingerprint density at radius 3 is 2.06 bits per heavy atom. The second-order valence-electron chi connectivity index (χ2n) is 15.8. The number of rotatable bonds is 7. The molecule has 3 fully saturated rings. The van der Waals surface area contributed by atoms with Gasteiger partial charge in [0, 0.05) is 37.3 Å². The van der Waals surface area contributed by atoms with Crippen molar-refractivity contribution in [3.63, 3.8) is 0 Å². The Kier molecular flexibility index (Phi) is 14.9. The Labute approximate surface area is 297 Å². The Balaban J connectivity index is 2.13. The molecule has 50 heavy (non-hydrogen) atoms. The molecule has 0 radical (unpaired) electrons. The second-order valence-corrected chi connectivity index (χ2v) is 15.8. The zero-order chi connectivity index (χ0) is 38.0. The van der Waals surface area contributed by atoms with E-state index in [0.717, 1.165) is 0 Å². The number of Topliss-reactive ketones (excluding diaryl/α,β-unsaturated/α-hetero) is 1. The molecule has 0 spiro atoms. The quantitative estimate of drug-likeness (QED) is 0.237. The Morgan fingerprint density at radius 1 is 0.880 bits per heavy atom. The minimum absolute atomic E-state index is 0.0997. The number of methoxy groups -OCH3 is 1. The first-order valence-corrected chi connectivity index (χ1v) is 18.1. The van der Waals surface area contributed by atoms with Crippen molar-refractivity contribution in [2.45, 2.75) is 173 Å². The van der Waals surface area contributed by atoms with Gasteiger partial charge in [0.25, 0.3) is 0 Å². The Morgan fingerprint density at radius 2 is 1.50 bits per heavy atom. The van der Waals surface area contributed by atoms with Crippen LogP contribution < -0.4 is 0 Å². The molecule has 0 aromatic heterocycles. The summed E-state index contributed by atoms with van der Waals surface area (Å²) in [6.45, 7) is 14.8. The van der Waals surface area contributed by atoms with E-state index in [9.17, 15) is 35.1 Å². The fourth-order valence-electron chi connectivity index (χ4n) is 7.94. The summed E-state index contributed by atoms with van der Waals surface area (Å²) in [7, 11) is 5.17. The number of ether oxygens (including phenoxy) is 6. The van der Waals surface area contributed by atoms with Gasteiger partial charge in [0.1, 0.15) is 29.7 Å². The van der Waals surface area contributed by atoms with Gasteiger partial charge in [-0.1, -0.05) is 27.7 Å². The molecule has 18 atom stereocenters. The van der Waals surface area contributed by atoms with Crippen LogP contribution in [-0.2, 0) is 38.0 Å². The number of likely N-dealkylation sites (N-methyl/N-ethyl adjacent to an activating group) is 1. The molecule has 3 aliphatic rings. The summed E-state index contributed by atoms with van der Waals surface area (Å²) in [6, 6.07) is -0.312. The van der Waals surface area contributed by atoms with Crippen molar-refractivity contribution in [1.29, 1.82) is 0 Å². The maximum absolute atomic E-state index is 14.0. The SMILES string of the molecule is CC[C@H]1OC(=O)[C@H](C)[C@@H](O[C@H]2C[C@@](C)(OC)[C@@H](O)[C@H](C)O2)[C@H](C)[C@@H](O[C@@H]2O[C@H](C)C[C@H](N(C)C)[C@H]2O)[C@H](O)C[C@H](C)C(=O)[C@H](C)[C@@H](O)[C@]1(C)O. The Bertz CT molecular complexity index is 1120. The smallest absolute Gasteiger partial charge is 0.311 e. The molecule has 0 bridgehead atoms. The molecule has 0 unspecified atom stereocenters. The van der Waals surface area contributed by atoms with E-state index in [0.29, 0.717) is 6.42 Å². The van der Waals surface area contributed by atoms with Crippen LogP contribution in [0, 0.1) is 23.7 Å². The van der Waals surface area contributed by atoms with E-state index in [4.69, 9.17) is 28.4 Å². The van der Waals surface area contributed by atoms with E-state index >= 15 is 0 Å². The molecule has 0 amide bonds. The molecule has 3 aliphatic heterocycles. The molecule has 14 nitrogen and oxygen atoms in total. The summed E-state index contributed by atoms with van der Waals surface area (Å²) >= 11 is 0. The van der Waals surface area contributed by atoms with E-state index in [1.54, 1.807) is 41.5 Å². The van der Waals surface area contributed by atoms with Gasteiger partial charge in [-0.3, -0.25) is 9.59 Å². The zero-order valence-electron chi connectivity index (χ0n) is 32.0.